The van der Waals surface area contributed by atoms with Crippen molar-refractivity contribution in [2.45, 2.75) is 82.8 Å². The molecule has 0 unspecified atom stereocenters. The van der Waals surface area contributed by atoms with E-state index in [4.69, 9.17) is 23.4 Å². The Morgan fingerprint density at radius 1 is 0.850 bits per heavy atom. The van der Waals surface area contributed by atoms with E-state index in [0.29, 0.717) is 17.7 Å². The molecular weight excluding hydrogens is 520 g/mol. The fraction of sp³-hybridized carbons (Fsp3) is 0.500. The average molecular weight is 559 g/mol. The van der Waals surface area contributed by atoms with Gasteiger partial charge in [0.2, 0.25) is 6.29 Å². The number of fused-ring (bicyclic) bond motifs is 1. The molecule has 4 rings (SSSR count). The Bertz CT molecular complexity index is 1260. The molecule has 40 heavy (non-hydrogen) atoms. The van der Waals surface area contributed by atoms with Gasteiger partial charge in [-0.15, -0.1) is 0 Å². The fourth-order valence-electron chi connectivity index (χ4n) is 4.55. The molecule has 5 atom stereocenters. The van der Waals surface area contributed by atoms with Gasteiger partial charge < -0.3 is 43.8 Å². The lowest BCUT2D eigenvalue weighted by Crippen LogP contribution is -2.60. The molecule has 0 radical (unpaired) electrons. The van der Waals surface area contributed by atoms with Crippen LogP contribution in [0.3, 0.4) is 0 Å². The van der Waals surface area contributed by atoms with Gasteiger partial charge in [0.15, 0.2) is 5.75 Å². The Labute approximate surface area is 232 Å². The van der Waals surface area contributed by atoms with Crippen LogP contribution in [-0.2, 0) is 11.3 Å². The molecule has 1 fully saturated rings. The molecule has 10 nitrogen and oxygen atoms in total. The summed E-state index contributed by atoms with van der Waals surface area (Å²) in [6, 6.07) is 14.3. The smallest absolute Gasteiger partial charge is 0.383 e. The number of unbranched alkanes of at least 4 members (excludes halogenated alkanes) is 5. The number of aliphatic hydroxyl groups is 4. The van der Waals surface area contributed by atoms with Crippen LogP contribution in [0.2, 0.25) is 0 Å². The first-order chi connectivity index (χ1) is 19.4. The van der Waals surface area contributed by atoms with Crippen molar-refractivity contribution in [3.05, 3.63) is 64.5 Å². The van der Waals surface area contributed by atoms with Gasteiger partial charge in [-0.05, 0) is 24.1 Å². The molecule has 1 saturated heterocycles. The zero-order valence-electron chi connectivity index (χ0n) is 22.6. The normalized spacial score (nSPS) is 22.8. The summed E-state index contributed by atoms with van der Waals surface area (Å²) in [5.74, 6) is 0.212. The second kappa shape index (κ2) is 14.5. The van der Waals surface area contributed by atoms with E-state index in [1.807, 2.05) is 30.3 Å². The SMILES string of the molecule is CCCCCCCCOc1ccc2c(OCc3ccccc3)c(O[C@H]3O[C@H](CO)[C@@H](O)[C@H](O)[C@@H]3O)c(=O)oc2c1. The molecule has 4 N–H and O–H groups in total. The summed E-state index contributed by atoms with van der Waals surface area (Å²) in [6.45, 7) is 2.18. The van der Waals surface area contributed by atoms with Crippen molar-refractivity contribution in [1.82, 2.24) is 0 Å². The maximum atomic E-state index is 13.1. The van der Waals surface area contributed by atoms with Gasteiger partial charge >= 0.3 is 5.63 Å². The van der Waals surface area contributed by atoms with Crippen molar-refractivity contribution < 1.29 is 43.8 Å². The number of benzene rings is 2. The molecule has 1 aliphatic rings. The third-order valence-electron chi connectivity index (χ3n) is 6.87. The van der Waals surface area contributed by atoms with E-state index in [-0.39, 0.29) is 23.7 Å². The third kappa shape index (κ3) is 7.32. The Morgan fingerprint density at radius 2 is 1.60 bits per heavy atom. The van der Waals surface area contributed by atoms with Crippen LogP contribution in [0, 0.1) is 0 Å². The van der Waals surface area contributed by atoms with Crippen LogP contribution in [0.1, 0.15) is 51.0 Å². The molecule has 0 saturated carbocycles. The minimum absolute atomic E-state index is 0.0505. The summed E-state index contributed by atoms with van der Waals surface area (Å²) < 4.78 is 28.6. The Balaban J connectivity index is 1.58. The van der Waals surface area contributed by atoms with Gasteiger partial charge in [-0.1, -0.05) is 69.4 Å². The Hall–Kier alpha value is -3.15. The highest BCUT2D eigenvalue weighted by atomic mass is 16.7. The summed E-state index contributed by atoms with van der Waals surface area (Å²) in [4.78, 5) is 13.1. The number of hydrogen-bond donors (Lipinski definition) is 4. The topological polar surface area (TPSA) is 148 Å². The quantitative estimate of drug-likeness (QED) is 0.172. The number of rotatable bonds is 14. The van der Waals surface area contributed by atoms with E-state index < -0.39 is 42.9 Å². The first kappa shape index (κ1) is 29.8. The largest absolute Gasteiger partial charge is 0.493 e. The van der Waals surface area contributed by atoms with Crippen molar-refractivity contribution in [2.24, 2.45) is 0 Å². The lowest BCUT2D eigenvalue weighted by atomic mass is 9.99. The Morgan fingerprint density at radius 3 is 2.35 bits per heavy atom. The molecule has 0 amide bonds. The summed E-state index contributed by atoms with van der Waals surface area (Å²) in [6.07, 6.45) is -0.938. The summed E-state index contributed by atoms with van der Waals surface area (Å²) >= 11 is 0. The van der Waals surface area contributed by atoms with Crippen LogP contribution in [0.5, 0.6) is 17.2 Å². The first-order valence-electron chi connectivity index (χ1n) is 13.8. The van der Waals surface area contributed by atoms with Gasteiger partial charge in [-0.2, -0.15) is 0 Å². The molecule has 2 heterocycles. The summed E-state index contributed by atoms with van der Waals surface area (Å²) in [7, 11) is 0. The molecule has 0 bridgehead atoms. The van der Waals surface area contributed by atoms with E-state index in [1.54, 1.807) is 18.2 Å². The first-order valence-corrected chi connectivity index (χ1v) is 13.8. The van der Waals surface area contributed by atoms with E-state index in [2.05, 4.69) is 6.92 Å². The number of hydrogen-bond acceptors (Lipinski definition) is 10. The minimum Gasteiger partial charge on any atom is -0.493 e. The van der Waals surface area contributed by atoms with Crippen molar-refractivity contribution in [3.63, 3.8) is 0 Å². The highest BCUT2D eigenvalue weighted by Crippen LogP contribution is 2.37. The number of ether oxygens (including phenoxy) is 4. The predicted octanol–water partition coefficient (Wildman–Crippen LogP) is 3.29. The highest BCUT2D eigenvalue weighted by Gasteiger charge is 2.45. The molecule has 218 valence electrons. The molecular formula is C30H38O10. The van der Waals surface area contributed by atoms with Crippen molar-refractivity contribution >= 4 is 11.0 Å². The zero-order chi connectivity index (χ0) is 28.5. The molecule has 1 aromatic heterocycles. The van der Waals surface area contributed by atoms with E-state index >= 15 is 0 Å². The van der Waals surface area contributed by atoms with Gasteiger partial charge in [-0.3, -0.25) is 0 Å². The van der Waals surface area contributed by atoms with Gasteiger partial charge in [0.1, 0.15) is 42.4 Å². The lowest BCUT2D eigenvalue weighted by molar-refractivity contribution is -0.278. The lowest BCUT2D eigenvalue weighted by Gasteiger charge is -2.39. The second-order valence-electron chi connectivity index (χ2n) is 9.91. The van der Waals surface area contributed by atoms with Crippen LogP contribution in [0.25, 0.3) is 11.0 Å². The predicted molar refractivity (Wildman–Crippen MR) is 147 cm³/mol. The monoisotopic (exact) mass is 558 g/mol. The summed E-state index contributed by atoms with van der Waals surface area (Å²) in [5.41, 5.74) is 0.150. The van der Waals surface area contributed by atoms with Gasteiger partial charge in [0.05, 0.1) is 18.6 Å². The summed E-state index contributed by atoms with van der Waals surface area (Å²) in [5, 5.41) is 40.6. The van der Waals surface area contributed by atoms with Crippen LogP contribution >= 0.6 is 0 Å². The minimum atomic E-state index is -1.72. The fourth-order valence-corrected chi connectivity index (χ4v) is 4.55. The number of aliphatic hydroxyl groups excluding tert-OH is 4. The van der Waals surface area contributed by atoms with Crippen molar-refractivity contribution in [1.29, 1.82) is 0 Å². The molecule has 1 aliphatic heterocycles. The zero-order valence-corrected chi connectivity index (χ0v) is 22.6. The van der Waals surface area contributed by atoms with Crippen LogP contribution in [-0.4, -0.2) is 64.3 Å². The maximum absolute atomic E-state index is 13.1. The van der Waals surface area contributed by atoms with Crippen molar-refractivity contribution in [2.75, 3.05) is 13.2 Å². The molecule has 2 aromatic carbocycles. The molecule has 10 heteroatoms. The van der Waals surface area contributed by atoms with Crippen molar-refractivity contribution in [3.8, 4) is 17.2 Å². The highest BCUT2D eigenvalue weighted by molar-refractivity contribution is 5.86. The molecule has 0 spiro atoms. The van der Waals surface area contributed by atoms with Gasteiger partial charge in [0.25, 0.3) is 5.75 Å². The van der Waals surface area contributed by atoms with E-state index in [9.17, 15) is 25.2 Å². The second-order valence-corrected chi connectivity index (χ2v) is 9.91. The van der Waals surface area contributed by atoms with Crippen LogP contribution < -0.4 is 19.8 Å². The van der Waals surface area contributed by atoms with Gasteiger partial charge in [-0.25, -0.2) is 4.79 Å². The third-order valence-corrected chi connectivity index (χ3v) is 6.87. The van der Waals surface area contributed by atoms with Gasteiger partial charge in [0, 0.05) is 6.07 Å². The standard InChI is InChI=1S/C30H38O10/c1-2-3-4-5-6-10-15-36-20-13-14-21-22(16-20)38-29(35)28(27(21)37-18-19-11-8-7-9-12-19)40-30-26(34)25(33)24(32)23(17-31)39-30/h7-9,11-14,16,23-26,30-34H,2-6,10,15,17-18H2,1H3/t23-,24-,25+,26+,30-/m1/s1. The average Bonchev–Trinajstić information content (AvgIpc) is 2.97. The van der Waals surface area contributed by atoms with E-state index in [0.717, 1.165) is 18.4 Å². The van der Waals surface area contributed by atoms with Crippen LogP contribution in [0.4, 0.5) is 0 Å². The van der Waals surface area contributed by atoms with E-state index in [1.165, 1.54) is 25.7 Å². The Kier molecular flexibility index (Phi) is 10.8. The molecule has 3 aromatic rings. The maximum Gasteiger partial charge on any atom is 0.383 e. The van der Waals surface area contributed by atoms with Crippen LogP contribution in [0.15, 0.2) is 57.7 Å². The molecule has 0 aliphatic carbocycles.